The van der Waals surface area contributed by atoms with E-state index in [2.05, 4.69) is 6.92 Å². The van der Waals surface area contributed by atoms with Gasteiger partial charge in [-0.1, -0.05) is 12.1 Å². The zero-order valence-corrected chi connectivity index (χ0v) is 15.2. The van der Waals surface area contributed by atoms with E-state index in [1.54, 1.807) is 21.9 Å². The van der Waals surface area contributed by atoms with Crippen LogP contribution in [0.5, 0.6) is 0 Å². The van der Waals surface area contributed by atoms with Crippen molar-refractivity contribution in [3.8, 4) is 0 Å². The van der Waals surface area contributed by atoms with Crippen molar-refractivity contribution in [2.75, 3.05) is 24.5 Å². The maximum Gasteiger partial charge on any atom is 0.256 e. The van der Waals surface area contributed by atoms with E-state index in [4.69, 9.17) is 0 Å². The highest BCUT2D eigenvalue weighted by Gasteiger charge is 2.42. The van der Waals surface area contributed by atoms with E-state index in [1.807, 2.05) is 17.0 Å². The van der Waals surface area contributed by atoms with Crippen LogP contribution in [0, 0.1) is 0 Å². The summed E-state index contributed by atoms with van der Waals surface area (Å²) < 4.78 is 0. The van der Waals surface area contributed by atoms with Crippen LogP contribution in [-0.4, -0.2) is 59.2 Å². The molecular formula is C20H25N3O3. The Morgan fingerprint density at radius 2 is 1.88 bits per heavy atom. The van der Waals surface area contributed by atoms with E-state index in [-0.39, 0.29) is 30.3 Å². The molecule has 138 valence electrons. The van der Waals surface area contributed by atoms with Crippen LogP contribution in [0.25, 0.3) is 0 Å². The molecule has 2 fully saturated rings. The van der Waals surface area contributed by atoms with E-state index < -0.39 is 6.04 Å². The predicted molar refractivity (Wildman–Crippen MR) is 97.9 cm³/mol. The lowest BCUT2D eigenvalue weighted by Gasteiger charge is -2.35. The zero-order chi connectivity index (χ0) is 18.3. The normalized spacial score (nSPS) is 25.8. The van der Waals surface area contributed by atoms with Gasteiger partial charge in [-0.15, -0.1) is 0 Å². The fraction of sp³-hybridized carbons (Fsp3) is 0.550. The molecular weight excluding hydrogens is 330 g/mol. The number of nitrogens with zero attached hydrogens (tertiary/aromatic N) is 3. The average molecular weight is 355 g/mol. The molecule has 26 heavy (non-hydrogen) atoms. The SMILES string of the molecule is C[C@H]1CCCCN1C(=O)CN1C(=O)[C@H]2CCCN2C(=O)c2ccccc21. The first-order valence-corrected chi connectivity index (χ1v) is 9.59. The minimum Gasteiger partial charge on any atom is -0.338 e. The highest BCUT2D eigenvalue weighted by molar-refractivity contribution is 6.12. The number of likely N-dealkylation sites (tertiary alicyclic amines) is 1. The Labute approximate surface area is 153 Å². The van der Waals surface area contributed by atoms with Crippen LogP contribution >= 0.6 is 0 Å². The Balaban J connectivity index is 1.67. The van der Waals surface area contributed by atoms with Crippen molar-refractivity contribution in [1.29, 1.82) is 0 Å². The summed E-state index contributed by atoms with van der Waals surface area (Å²) in [5.41, 5.74) is 1.08. The maximum absolute atomic E-state index is 13.2. The summed E-state index contributed by atoms with van der Waals surface area (Å²) in [5, 5.41) is 0. The Hall–Kier alpha value is -2.37. The number of amides is 3. The summed E-state index contributed by atoms with van der Waals surface area (Å²) in [4.78, 5) is 44.2. The van der Waals surface area contributed by atoms with E-state index in [9.17, 15) is 14.4 Å². The van der Waals surface area contributed by atoms with Crippen molar-refractivity contribution < 1.29 is 14.4 Å². The predicted octanol–water partition coefficient (Wildman–Crippen LogP) is 2.04. The summed E-state index contributed by atoms with van der Waals surface area (Å²) in [6, 6.07) is 6.92. The maximum atomic E-state index is 13.2. The first-order chi connectivity index (χ1) is 12.6. The molecule has 3 aliphatic heterocycles. The van der Waals surface area contributed by atoms with Crippen LogP contribution < -0.4 is 4.90 Å². The Kier molecular flexibility index (Phi) is 4.42. The number of rotatable bonds is 2. The first kappa shape index (κ1) is 17.1. The van der Waals surface area contributed by atoms with Gasteiger partial charge < -0.3 is 14.7 Å². The molecule has 1 aromatic rings. The minimum atomic E-state index is -0.443. The Bertz CT molecular complexity index is 748. The molecule has 0 saturated carbocycles. The zero-order valence-electron chi connectivity index (χ0n) is 15.2. The third-order valence-corrected chi connectivity index (χ3v) is 5.91. The molecule has 0 spiro atoms. The summed E-state index contributed by atoms with van der Waals surface area (Å²) >= 11 is 0. The van der Waals surface area contributed by atoms with Crippen LogP contribution in [0.4, 0.5) is 5.69 Å². The van der Waals surface area contributed by atoms with Crippen molar-refractivity contribution in [3.63, 3.8) is 0 Å². The van der Waals surface area contributed by atoms with Gasteiger partial charge in [-0.05, 0) is 51.2 Å². The monoisotopic (exact) mass is 355 g/mol. The van der Waals surface area contributed by atoms with Crippen molar-refractivity contribution in [2.45, 2.75) is 51.1 Å². The number of hydrogen-bond donors (Lipinski definition) is 0. The largest absolute Gasteiger partial charge is 0.338 e. The van der Waals surface area contributed by atoms with Crippen LogP contribution in [0.1, 0.15) is 49.4 Å². The van der Waals surface area contributed by atoms with Gasteiger partial charge in [-0.3, -0.25) is 14.4 Å². The highest BCUT2D eigenvalue weighted by atomic mass is 16.2. The second-order valence-corrected chi connectivity index (χ2v) is 7.53. The standard InChI is InChI=1S/C20H25N3O3/c1-14-7-4-5-11-21(14)18(24)13-23-16-9-3-2-8-15(16)19(25)22-12-6-10-17(22)20(23)26/h2-3,8-9,14,17H,4-7,10-13H2,1H3/t14-,17+/m0/s1. The van der Waals surface area contributed by atoms with Gasteiger partial charge in [0.05, 0.1) is 11.3 Å². The van der Waals surface area contributed by atoms with Crippen molar-refractivity contribution in [2.24, 2.45) is 0 Å². The summed E-state index contributed by atoms with van der Waals surface area (Å²) in [5.74, 6) is -0.254. The average Bonchev–Trinajstić information content (AvgIpc) is 3.12. The molecule has 0 aromatic heterocycles. The molecule has 4 rings (SSSR count). The smallest absolute Gasteiger partial charge is 0.256 e. The summed E-state index contributed by atoms with van der Waals surface area (Å²) in [7, 11) is 0. The van der Waals surface area contributed by atoms with Gasteiger partial charge in [-0.2, -0.15) is 0 Å². The van der Waals surface area contributed by atoms with Crippen LogP contribution in [0.2, 0.25) is 0 Å². The van der Waals surface area contributed by atoms with E-state index in [0.29, 0.717) is 24.2 Å². The first-order valence-electron chi connectivity index (χ1n) is 9.59. The molecule has 3 amide bonds. The number of piperidine rings is 1. The van der Waals surface area contributed by atoms with Crippen molar-refractivity contribution >= 4 is 23.4 Å². The lowest BCUT2D eigenvalue weighted by molar-refractivity contribution is -0.134. The molecule has 2 atom stereocenters. The molecule has 0 unspecified atom stereocenters. The molecule has 2 saturated heterocycles. The number of carbonyl (C=O) groups is 3. The molecule has 0 N–H and O–H groups in total. The van der Waals surface area contributed by atoms with Gasteiger partial charge >= 0.3 is 0 Å². The topological polar surface area (TPSA) is 60.9 Å². The number of para-hydroxylation sites is 1. The van der Waals surface area contributed by atoms with Gasteiger partial charge in [0.1, 0.15) is 12.6 Å². The van der Waals surface area contributed by atoms with Crippen molar-refractivity contribution in [1.82, 2.24) is 9.80 Å². The lowest BCUT2D eigenvalue weighted by atomic mass is 10.0. The lowest BCUT2D eigenvalue weighted by Crippen LogP contribution is -2.51. The minimum absolute atomic E-state index is 0.0117. The molecule has 0 aliphatic carbocycles. The van der Waals surface area contributed by atoms with E-state index in [1.165, 1.54) is 0 Å². The molecule has 1 aromatic carbocycles. The third-order valence-electron chi connectivity index (χ3n) is 5.91. The van der Waals surface area contributed by atoms with Crippen LogP contribution in [0.3, 0.4) is 0 Å². The number of anilines is 1. The summed E-state index contributed by atoms with van der Waals surface area (Å²) in [6.45, 7) is 3.43. The second-order valence-electron chi connectivity index (χ2n) is 7.53. The Morgan fingerprint density at radius 3 is 2.69 bits per heavy atom. The molecule has 0 bridgehead atoms. The van der Waals surface area contributed by atoms with E-state index in [0.717, 1.165) is 32.2 Å². The molecule has 3 heterocycles. The van der Waals surface area contributed by atoms with Crippen molar-refractivity contribution in [3.05, 3.63) is 29.8 Å². The fourth-order valence-electron chi connectivity index (χ4n) is 4.47. The van der Waals surface area contributed by atoms with E-state index >= 15 is 0 Å². The van der Waals surface area contributed by atoms with Crippen LogP contribution in [-0.2, 0) is 9.59 Å². The molecule has 3 aliphatic rings. The van der Waals surface area contributed by atoms with Gasteiger partial charge in [0.25, 0.3) is 5.91 Å². The number of fused-ring (bicyclic) bond motifs is 2. The van der Waals surface area contributed by atoms with Gasteiger partial charge in [0.15, 0.2) is 0 Å². The van der Waals surface area contributed by atoms with Gasteiger partial charge in [-0.25, -0.2) is 0 Å². The third kappa shape index (κ3) is 2.77. The Morgan fingerprint density at radius 1 is 1.08 bits per heavy atom. The second kappa shape index (κ2) is 6.74. The number of carbonyl (C=O) groups excluding carboxylic acids is 3. The quantitative estimate of drug-likeness (QED) is 0.816. The fourth-order valence-corrected chi connectivity index (χ4v) is 4.47. The molecule has 0 radical (unpaired) electrons. The molecule has 6 heteroatoms. The number of hydrogen-bond acceptors (Lipinski definition) is 3. The highest BCUT2D eigenvalue weighted by Crippen LogP contribution is 2.32. The van der Waals surface area contributed by atoms with Gasteiger partial charge in [0, 0.05) is 19.1 Å². The number of benzene rings is 1. The van der Waals surface area contributed by atoms with Gasteiger partial charge in [0.2, 0.25) is 11.8 Å². The molecule has 6 nitrogen and oxygen atoms in total. The summed E-state index contributed by atoms with van der Waals surface area (Å²) in [6.07, 6.45) is 4.65. The van der Waals surface area contributed by atoms with Crippen LogP contribution in [0.15, 0.2) is 24.3 Å².